The van der Waals surface area contributed by atoms with Gasteiger partial charge in [-0.25, -0.2) is 0 Å². The van der Waals surface area contributed by atoms with Crippen LogP contribution in [0.4, 0.5) is 0 Å². The summed E-state index contributed by atoms with van der Waals surface area (Å²) in [6, 6.07) is 23.8. The molecule has 3 aromatic carbocycles. The third-order valence-corrected chi connectivity index (χ3v) is 5.41. The van der Waals surface area contributed by atoms with Gasteiger partial charge in [-0.05, 0) is 36.2 Å². The summed E-state index contributed by atoms with van der Waals surface area (Å²) in [5, 5.41) is 13.4. The predicted molar refractivity (Wildman–Crippen MR) is 114 cm³/mol. The number of para-hydroxylation sites is 1. The van der Waals surface area contributed by atoms with Crippen molar-refractivity contribution in [3.63, 3.8) is 0 Å². The van der Waals surface area contributed by atoms with Gasteiger partial charge in [0.15, 0.2) is 0 Å². The SMILES string of the molecule is COc1ccc([C@@H](c2c(C)[nH]c3ccccc23)C(c2ccccc2)[N+](=O)[O-])cc1. The van der Waals surface area contributed by atoms with Gasteiger partial charge < -0.3 is 9.72 Å². The minimum atomic E-state index is -0.914. The van der Waals surface area contributed by atoms with Crippen LogP contribution >= 0.6 is 0 Å². The Balaban J connectivity index is 1.98. The van der Waals surface area contributed by atoms with Gasteiger partial charge in [0, 0.05) is 27.1 Å². The highest BCUT2D eigenvalue weighted by molar-refractivity contribution is 5.85. The number of aryl methyl sites for hydroxylation is 1. The first kappa shape index (κ1) is 18.7. The summed E-state index contributed by atoms with van der Waals surface area (Å²) in [5.74, 6) is 0.273. The molecule has 1 unspecified atom stereocenters. The van der Waals surface area contributed by atoms with E-state index < -0.39 is 12.0 Å². The van der Waals surface area contributed by atoms with Crippen molar-refractivity contribution in [1.29, 1.82) is 0 Å². The quantitative estimate of drug-likeness (QED) is 0.345. The average molecular weight is 386 g/mol. The second kappa shape index (κ2) is 7.80. The molecule has 5 nitrogen and oxygen atoms in total. The standard InChI is InChI=1S/C24H22N2O3/c1-16-22(20-10-6-7-11-21(20)25-16)23(17-12-14-19(29-2)15-13-17)24(26(27)28)18-8-4-3-5-9-18/h3-15,23-25H,1-2H3/t23-,24?/m0/s1. The molecule has 146 valence electrons. The number of ether oxygens (including phenoxy) is 1. The van der Waals surface area contributed by atoms with Gasteiger partial charge in [-0.1, -0.05) is 60.7 Å². The van der Waals surface area contributed by atoms with E-state index in [4.69, 9.17) is 4.74 Å². The van der Waals surface area contributed by atoms with Gasteiger partial charge >= 0.3 is 0 Å². The van der Waals surface area contributed by atoms with E-state index in [2.05, 4.69) is 4.98 Å². The Morgan fingerprint density at radius 3 is 2.21 bits per heavy atom. The summed E-state index contributed by atoms with van der Waals surface area (Å²) in [5.41, 5.74) is 4.44. The van der Waals surface area contributed by atoms with Crippen molar-refractivity contribution in [3.05, 3.63) is 111 Å². The fourth-order valence-corrected chi connectivity index (χ4v) is 4.10. The van der Waals surface area contributed by atoms with E-state index in [9.17, 15) is 10.1 Å². The number of aromatic amines is 1. The Morgan fingerprint density at radius 1 is 0.897 bits per heavy atom. The third kappa shape index (κ3) is 3.47. The molecule has 1 aromatic heterocycles. The Bertz CT molecular complexity index is 1130. The van der Waals surface area contributed by atoms with Crippen molar-refractivity contribution >= 4 is 10.9 Å². The summed E-state index contributed by atoms with van der Waals surface area (Å²) in [7, 11) is 1.61. The Kier molecular flexibility index (Phi) is 5.04. The number of nitrogens with one attached hydrogen (secondary N) is 1. The van der Waals surface area contributed by atoms with Gasteiger partial charge in [-0.2, -0.15) is 0 Å². The molecule has 0 amide bonds. The van der Waals surface area contributed by atoms with Crippen LogP contribution in [0.5, 0.6) is 5.75 Å². The molecule has 0 spiro atoms. The number of fused-ring (bicyclic) bond motifs is 1. The summed E-state index contributed by atoms with van der Waals surface area (Å²) in [6.07, 6.45) is 0. The molecule has 1 heterocycles. The highest BCUT2D eigenvalue weighted by Crippen LogP contribution is 2.43. The predicted octanol–water partition coefficient (Wildman–Crippen LogP) is 5.63. The molecule has 0 aliphatic rings. The van der Waals surface area contributed by atoms with Gasteiger partial charge in [-0.15, -0.1) is 0 Å². The molecule has 4 aromatic rings. The summed E-state index contributed by atoms with van der Waals surface area (Å²) in [6.45, 7) is 1.98. The number of nitrogens with zero attached hydrogens (tertiary/aromatic N) is 1. The van der Waals surface area contributed by atoms with E-state index in [0.717, 1.165) is 33.5 Å². The minimum Gasteiger partial charge on any atom is -0.497 e. The van der Waals surface area contributed by atoms with Crippen molar-refractivity contribution in [3.8, 4) is 5.75 Å². The van der Waals surface area contributed by atoms with Crippen LogP contribution in [0.15, 0.2) is 78.9 Å². The highest BCUT2D eigenvalue weighted by Gasteiger charge is 2.38. The second-order valence-corrected chi connectivity index (χ2v) is 7.10. The topological polar surface area (TPSA) is 68.2 Å². The zero-order valence-corrected chi connectivity index (χ0v) is 16.3. The zero-order chi connectivity index (χ0) is 20.4. The van der Waals surface area contributed by atoms with Crippen molar-refractivity contribution in [1.82, 2.24) is 4.98 Å². The molecular weight excluding hydrogens is 364 g/mol. The van der Waals surface area contributed by atoms with Crippen molar-refractivity contribution < 1.29 is 9.66 Å². The van der Waals surface area contributed by atoms with E-state index in [1.54, 1.807) is 7.11 Å². The van der Waals surface area contributed by atoms with Crippen LogP contribution in [-0.2, 0) is 0 Å². The number of benzene rings is 3. The molecular formula is C24H22N2O3. The number of aromatic nitrogens is 1. The van der Waals surface area contributed by atoms with E-state index in [1.807, 2.05) is 85.8 Å². The van der Waals surface area contributed by atoms with Crippen LogP contribution in [-0.4, -0.2) is 17.0 Å². The maximum absolute atomic E-state index is 12.4. The number of methoxy groups -OCH3 is 1. The highest BCUT2D eigenvalue weighted by atomic mass is 16.6. The largest absolute Gasteiger partial charge is 0.497 e. The summed E-state index contributed by atoms with van der Waals surface area (Å²) < 4.78 is 5.29. The lowest BCUT2D eigenvalue weighted by Crippen LogP contribution is -2.21. The molecule has 29 heavy (non-hydrogen) atoms. The van der Waals surface area contributed by atoms with E-state index in [0.29, 0.717) is 5.56 Å². The van der Waals surface area contributed by atoms with E-state index >= 15 is 0 Å². The van der Waals surface area contributed by atoms with Gasteiger partial charge in [0.1, 0.15) is 5.75 Å². The maximum atomic E-state index is 12.4. The van der Waals surface area contributed by atoms with Crippen LogP contribution in [0.2, 0.25) is 0 Å². The number of hydrogen-bond donors (Lipinski definition) is 1. The lowest BCUT2D eigenvalue weighted by Gasteiger charge is -2.23. The Morgan fingerprint density at radius 2 is 1.55 bits per heavy atom. The molecule has 0 fully saturated rings. The third-order valence-electron chi connectivity index (χ3n) is 5.41. The van der Waals surface area contributed by atoms with Crippen LogP contribution in [0.1, 0.15) is 34.3 Å². The average Bonchev–Trinajstić information content (AvgIpc) is 3.08. The lowest BCUT2D eigenvalue weighted by molar-refractivity contribution is -0.531. The lowest BCUT2D eigenvalue weighted by atomic mass is 9.81. The zero-order valence-electron chi connectivity index (χ0n) is 16.3. The normalized spacial score (nSPS) is 13.2. The fraction of sp³-hybridized carbons (Fsp3) is 0.167. The Hall–Kier alpha value is -3.60. The molecule has 0 radical (unpaired) electrons. The molecule has 0 aliphatic carbocycles. The molecule has 0 aliphatic heterocycles. The summed E-state index contributed by atoms with van der Waals surface area (Å²) >= 11 is 0. The molecule has 2 atom stereocenters. The molecule has 0 saturated carbocycles. The van der Waals surface area contributed by atoms with Gasteiger partial charge in [-0.3, -0.25) is 10.1 Å². The van der Waals surface area contributed by atoms with E-state index in [1.165, 1.54) is 0 Å². The monoisotopic (exact) mass is 386 g/mol. The number of nitro groups is 1. The number of rotatable bonds is 6. The fourth-order valence-electron chi connectivity index (χ4n) is 4.10. The van der Waals surface area contributed by atoms with Crippen LogP contribution in [0, 0.1) is 17.0 Å². The first-order valence-corrected chi connectivity index (χ1v) is 9.49. The van der Waals surface area contributed by atoms with Crippen LogP contribution in [0.25, 0.3) is 10.9 Å². The maximum Gasteiger partial charge on any atom is 0.248 e. The second-order valence-electron chi connectivity index (χ2n) is 7.10. The Labute approximate surface area is 169 Å². The van der Waals surface area contributed by atoms with Crippen LogP contribution < -0.4 is 4.74 Å². The van der Waals surface area contributed by atoms with Crippen molar-refractivity contribution in [2.24, 2.45) is 0 Å². The van der Waals surface area contributed by atoms with Gasteiger partial charge in [0.05, 0.1) is 13.0 Å². The molecule has 4 rings (SSSR count). The van der Waals surface area contributed by atoms with Gasteiger partial charge in [0.2, 0.25) is 6.04 Å². The summed E-state index contributed by atoms with van der Waals surface area (Å²) in [4.78, 5) is 15.6. The van der Waals surface area contributed by atoms with Crippen LogP contribution in [0.3, 0.4) is 0 Å². The van der Waals surface area contributed by atoms with Gasteiger partial charge in [0.25, 0.3) is 0 Å². The van der Waals surface area contributed by atoms with Crippen molar-refractivity contribution in [2.45, 2.75) is 18.9 Å². The first-order chi connectivity index (χ1) is 14.1. The molecule has 5 heteroatoms. The smallest absolute Gasteiger partial charge is 0.248 e. The number of hydrogen-bond acceptors (Lipinski definition) is 3. The van der Waals surface area contributed by atoms with Crippen molar-refractivity contribution in [2.75, 3.05) is 7.11 Å². The molecule has 0 saturated heterocycles. The molecule has 1 N–H and O–H groups in total. The number of H-pyrrole nitrogens is 1. The first-order valence-electron chi connectivity index (χ1n) is 9.49. The molecule has 0 bridgehead atoms. The minimum absolute atomic E-state index is 0.175. The van der Waals surface area contributed by atoms with E-state index in [-0.39, 0.29) is 4.92 Å².